The fraction of sp³-hybridized carbons (Fsp3) is 0.562. The van der Waals surface area contributed by atoms with Crippen molar-refractivity contribution in [2.24, 2.45) is 17.8 Å². The summed E-state index contributed by atoms with van der Waals surface area (Å²) in [6.45, 7) is 0. The number of fused-ring (bicyclic) bond motifs is 3. The molecule has 0 aromatic heterocycles. The molecule has 3 atom stereocenters. The topological polar surface area (TPSA) is 46.5 Å². The molecule has 3 unspecified atom stereocenters. The maximum atomic E-state index is 11.6. The van der Waals surface area contributed by atoms with E-state index in [1.807, 2.05) is 0 Å². The van der Waals surface area contributed by atoms with Crippen LogP contribution >= 0.6 is 0 Å². The van der Waals surface area contributed by atoms with E-state index in [0.29, 0.717) is 11.8 Å². The normalized spacial score (nSPS) is 30.3. The Labute approximate surface area is 113 Å². The summed E-state index contributed by atoms with van der Waals surface area (Å²) in [6, 6.07) is 8.50. The van der Waals surface area contributed by atoms with Crippen LogP contribution in [0.3, 0.4) is 0 Å². The number of rotatable bonds is 2. The van der Waals surface area contributed by atoms with E-state index in [-0.39, 0.29) is 5.92 Å². The van der Waals surface area contributed by atoms with Crippen molar-refractivity contribution >= 4 is 5.97 Å². The Morgan fingerprint density at radius 1 is 1.21 bits per heavy atom. The lowest BCUT2D eigenvalue weighted by Crippen LogP contribution is -2.36. The monoisotopic (exact) mass is 260 g/mol. The number of ether oxygens (including phenoxy) is 1. The van der Waals surface area contributed by atoms with Gasteiger partial charge in [0.1, 0.15) is 0 Å². The van der Waals surface area contributed by atoms with Crippen LogP contribution in [0.25, 0.3) is 0 Å². The number of carbonyl (C=O) groups is 1. The van der Waals surface area contributed by atoms with E-state index in [2.05, 4.69) is 24.3 Å². The summed E-state index contributed by atoms with van der Waals surface area (Å²) in [5, 5.41) is 10.3. The lowest BCUT2D eigenvalue weighted by atomic mass is 9.83. The van der Waals surface area contributed by atoms with Crippen molar-refractivity contribution in [1.82, 2.24) is 0 Å². The molecule has 1 fully saturated rings. The fourth-order valence-corrected chi connectivity index (χ4v) is 3.99. The van der Waals surface area contributed by atoms with Crippen molar-refractivity contribution in [3.05, 3.63) is 35.4 Å². The summed E-state index contributed by atoms with van der Waals surface area (Å²) >= 11 is 0. The van der Waals surface area contributed by atoms with Crippen LogP contribution in [0.2, 0.25) is 0 Å². The molecule has 0 saturated heterocycles. The Hall–Kier alpha value is -1.35. The molecule has 1 aromatic carbocycles. The predicted octanol–water partition coefficient (Wildman–Crippen LogP) is 1.96. The van der Waals surface area contributed by atoms with Crippen LogP contribution in [0.15, 0.2) is 24.3 Å². The number of esters is 1. The molecule has 2 bridgehead atoms. The molecular formula is C16H20O3. The Balaban J connectivity index is 1.89. The smallest absolute Gasteiger partial charge is 0.334 e. The van der Waals surface area contributed by atoms with Crippen LogP contribution in [0.1, 0.15) is 24.0 Å². The number of methoxy groups -OCH3 is 1. The highest BCUT2D eigenvalue weighted by molar-refractivity contribution is 5.74. The number of aliphatic hydroxyl groups is 1. The fourth-order valence-electron chi connectivity index (χ4n) is 3.99. The Morgan fingerprint density at radius 3 is 2.21 bits per heavy atom. The number of benzene rings is 1. The van der Waals surface area contributed by atoms with E-state index < -0.39 is 12.1 Å². The second-order valence-corrected chi connectivity index (χ2v) is 5.82. The number of aliphatic hydroxyl groups excluding tert-OH is 1. The van der Waals surface area contributed by atoms with Gasteiger partial charge < -0.3 is 9.84 Å². The molecule has 1 saturated carbocycles. The Kier molecular flexibility index (Phi) is 3.31. The molecule has 0 spiro atoms. The first-order valence-electron chi connectivity index (χ1n) is 7.03. The van der Waals surface area contributed by atoms with E-state index in [4.69, 9.17) is 4.74 Å². The largest absolute Gasteiger partial charge is 0.467 e. The van der Waals surface area contributed by atoms with Gasteiger partial charge in [-0.25, -0.2) is 4.79 Å². The average molecular weight is 260 g/mol. The van der Waals surface area contributed by atoms with Crippen LogP contribution in [-0.2, 0) is 22.4 Å². The first-order valence-corrected chi connectivity index (χ1v) is 7.03. The van der Waals surface area contributed by atoms with Gasteiger partial charge in [-0.3, -0.25) is 0 Å². The Morgan fingerprint density at radius 2 is 1.74 bits per heavy atom. The van der Waals surface area contributed by atoms with Crippen molar-refractivity contribution in [2.45, 2.75) is 31.8 Å². The summed E-state index contributed by atoms with van der Waals surface area (Å²) < 4.78 is 4.72. The standard InChI is InChI=1S/C16H20O3/c1-19-16(18)15(17)14-12-6-7-13(14)9-11-5-3-2-4-10(11)8-12/h2-5,12-15,17H,6-9H2,1H3. The molecule has 102 valence electrons. The number of carbonyl (C=O) groups excluding carboxylic acids is 1. The minimum absolute atomic E-state index is 0.0554. The summed E-state index contributed by atoms with van der Waals surface area (Å²) in [6.07, 6.45) is 3.21. The van der Waals surface area contributed by atoms with Crippen molar-refractivity contribution in [3.8, 4) is 0 Å². The molecular weight excluding hydrogens is 240 g/mol. The van der Waals surface area contributed by atoms with Gasteiger partial charge in [-0.2, -0.15) is 0 Å². The van der Waals surface area contributed by atoms with Gasteiger partial charge in [0.15, 0.2) is 6.10 Å². The van der Waals surface area contributed by atoms with Gasteiger partial charge in [-0.05, 0) is 48.6 Å². The third-order valence-electron chi connectivity index (χ3n) is 4.89. The highest BCUT2D eigenvalue weighted by Gasteiger charge is 2.45. The van der Waals surface area contributed by atoms with Gasteiger partial charge in [-0.1, -0.05) is 24.3 Å². The zero-order valence-electron chi connectivity index (χ0n) is 11.2. The van der Waals surface area contributed by atoms with Gasteiger partial charge in [0.05, 0.1) is 7.11 Å². The Bertz CT molecular complexity index is 450. The summed E-state index contributed by atoms with van der Waals surface area (Å²) in [7, 11) is 1.35. The molecule has 0 heterocycles. The molecule has 3 heteroatoms. The molecule has 19 heavy (non-hydrogen) atoms. The van der Waals surface area contributed by atoms with Crippen LogP contribution in [0.4, 0.5) is 0 Å². The van der Waals surface area contributed by atoms with Crippen LogP contribution in [0, 0.1) is 17.8 Å². The quantitative estimate of drug-likeness (QED) is 0.827. The minimum atomic E-state index is -0.961. The lowest BCUT2D eigenvalue weighted by molar-refractivity contribution is -0.155. The summed E-state index contributed by atoms with van der Waals surface area (Å²) in [5.74, 6) is 0.387. The lowest BCUT2D eigenvalue weighted by Gasteiger charge is -2.25. The van der Waals surface area contributed by atoms with Crippen molar-refractivity contribution in [3.63, 3.8) is 0 Å². The predicted molar refractivity (Wildman–Crippen MR) is 71.6 cm³/mol. The molecule has 3 nitrogen and oxygen atoms in total. The van der Waals surface area contributed by atoms with Gasteiger partial charge in [0, 0.05) is 5.92 Å². The van der Waals surface area contributed by atoms with Gasteiger partial charge in [0.2, 0.25) is 0 Å². The molecule has 0 amide bonds. The first-order chi connectivity index (χ1) is 9.20. The molecule has 1 aromatic rings. The number of hydrogen-bond acceptors (Lipinski definition) is 3. The first kappa shape index (κ1) is 12.7. The van der Waals surface area contributed by atoms with Crippen molar-refractivity contribution in [2.75, 3.05) is 7.11 Å². The van der Waals surface area contributed by atoms with E-state index in [0.717, 1.165) is 25.7 Å². The van der Waals surface area contributed by atoms with Crippen molar-refractivity contribution in [1.29, 1.82) is 0 Å². The molecule has 0 radical (unpaired) electrons. The van der Waals surface area contributed by atoms with Crippen molar-refractivity contribution < 1.29 is 14.6 Å². The van der Waals surface area contributed by atoms with Gasteiger partial charge >= 0.3 is 5.97 Å². The average Bonchev–Trinajstić information content (AvgIpc) is 2.72. The van der Waals surface area contributed by atoms with E-state index in [1.54, 1.807) is 0 Å². The molecule has 2 aliphatic carbocycles. The van der Waals surface area contributed by atoms with Crippen LogP contribution in [0.5, 0.6) is 0 Å². The molecule has 3 rings (SSSR count). The van der Waals surface area contributed by atoms with Crippen LogP contribution < -0.4 is 0 Å². The summed E-state index contributed by atoms with van der Waals surface area (Å²) in [4.78, 5) is 11.6. The molecule has 1 N–H and O–H groups in total. The van der Waals surface area contributed by atoms with E-state index in [9.17, 15) is 9.90 Å². The highest BCUT2D eigenvalue weighted by atomic mass is 16.5. The second kappa shape index (κ2) is 4.97. The third-order valence-corrected chi connectivity index (χ3v) is 4.89. The second-order valence-electron chi connectivity index (χ2n) is 5.82. The zero-order valence-corrected chi connectivity index (χ0v) is 11.2. The minimum Gasteiger partial charge on any atom is -0.467 e. The maximum Gasteiger partial charge on any atom is 0.334 e. The maximum absolute atomic E-state index is 11.6. The highest BCUT2D eigenvalue weighted by Crippen LogP contribution is 2.46. The molecule has 0 aliphatic heterocycles. The SMILES string of the molecule is COC(=O)C(O)C1C2CCC1Cc1ccccc1C2. The zero-order chi connectivity index (χ0) is 13.4. The summed E-state index contributed by atoms with van der Waals surface area (Å²) in [5.41, 5.74) is 2.77. The van der Waals surface area contributed by atoms with Gasteiger partial charge in [0.25, 0.3) is 0 Å². The van der Waals surface area contributed by atoms with E-state index in [1.165, 1.54) is 18.2 Å². The van der Waals surface area contributed by atoms with Crippen LogP contribution in [-0.4, -0.2) is 24.3 Å². The molecule has 2 aliphatic rings. The van der Waals surface area contributed by atoms with E-state index >= 15 is 0 Å². The number of hydrogen-bond donors (Lipinski definition) is 1. The third kappa shape index (κ3) is 2.16. The van der Waals surface area contributed by atoms with Gasteiger partial charge in [-0.15, -0.1) is 0 Å².